The maximum absolute atomic E-state index is 11.3. The molecule has 6 heteroatoms. The van der Waals surface area contributed by atoms with Gasteiger partial charge in [0, 0.05) is 5.92 Å². The molecule has 0 aromatic rings. The lowest BCUT2D eigenvalue weighted by Crippen LogP contribution is -2.32. The van der Waals surface area contributed by atoms with Crippen LogP contribution in [-0.2, 0) is 14.2 Å². The molecule has 2 aliphatic rings. The molecule has 0 saturated heterocycles. The molecule has 0 spiro atoms. The van der Waals surface area contributed by atoms with Crippen molar-refractivity contribution in [1.82, 2.24) is 0 Å². The number of carbonyl (C=O) groups is 1. The number of carbonyl (C=O) groups excluding carboxylic acids is 1. The van der Waals surface area contributed by atoms with E-state index in [2.05, 4.69) is 23.0 Å². The van der Waals surface area contributed by atoms with Crippen molar-refractivity contribution in [2.24, 2.45) is 17.8 Å². The summed E-state index contributed by atoms with van der Waals surface area (Å²) in [6.45, 7) is 5.38. The molecule has 2 aliphatic carbocycles. The Kier molecular flexibility index (Phi) is 8.13. The molecule has 0 aliphatic heterocycles. The smallest absolute Gasteiger partial charge is 0.435 e. The van der Waals surface area contributed by atoms with Crippen molar-refractivity contribution in [3.05, 3.63) is 23.8 Å². The van der Waals surface area contributed by atoms with E-state index in [-0.39, 0.29) is 24.5 Å². The van der Waals surface area contributed by atoms with E-state index in [1.54, 1.807) is 13.8 Å². The SMILES string of the molecule is CCOC(=O)OC(C)OC(O)[C@@H](C)C1C=CC(C[C@H]2CCC[C@@H]2O)=CC1. The van der Waals surface area contributed by atoms with Crippen molar-refractivity contribution in [2.75, 3.05) is 6.61 Å². The molecule has 0 bridgehead atoms. The number of aliphatic hydroxyl groups excluding tert-OH is 2. The topological polar surface area (TPSA) is 85.2 Å². The third-order valence-corrected chi connectivity index (χ3v) is 5.31. The summed E-state index contributed by atoms with van der Waals surface area (Å²) >= 11 is 0. The molecule has 26 heavy (non-hydrogen) atoms. The number of hydrogen-bond acceptors (Lipinski definition) is 6. The van der Waals surface area contributed by atoms with Crippen LogP contribution < -0.4 is 0 Å². The van der Waals surface area contributed by atoms with E-state index >= 15 is 0 Å². The van der Waals surface area contributed by atoms with Crippen molar-refractivity contribution in [3.8, 4) is 0 Å². The third kappa shape index (κ3) is 6.11. The first-order valence-corrected chi connectivity index (χ1v) is 9.63. The first kappa shape index (κ1) is 20.9. The Morgan fingerprint density at radius 1 is 1.35 bits per heavy atom. The average Bonchev–Trinajstić information content (AvgIpc) is 2.99. The highest BCUT2D eigenvalue weighted by Crippen LogP contribution is 2.34. The first-order valence-electron chi connectivity index (χ1n) is 9.63. The molecule has 6 nitrogen and oxygen atoms in total. The second-order valence-electron chi connectivity index (χ2n) is 7.25. The van der Waals surface area contributed by atoms with Gasteiger partial charge < -0.3 is 24.4 Å². The van der Waals surface area contributed by atoms with Gasteiger partial charge in [0.1, 0.15) is 0 Å². The first-order chi connectivity index (χ1) is 12.4. The van der Waals surface area contributed by atoms with Crippen molar-refractivity contribution < 1.29 is 29.2 Å². The highest BCUT2D eigenvalue weighted by molar-refractivity contribution is 5.59. The fourth-order valence-electron chi connectivity index (χ4n) is 3.63. The van der Waals surface area contributed by atoms with Gasteiger partial charge in [0.25, 0.3) is 0 Å². The molecule has 3 unspecified atom stereocenters. The maximum atomic E-state index is 11.3. The summed E-state index contributed by atoms with van der Waals surface area (Å²) in [6.07, 6.45) is 8.35. The molecule has 0 radical (unpaired) electrons. The van der Waals surface area contributed by atoms with Crippen LogP contribution >= 0.6 is 0 Å². The summed E-state index contributed by atoms with van der Waals surface area (Å²) in [5.74, 6) is 0.376. The lowest BCUT2D eigenvalue weighted by Gasteiger charge is -2.29. The van der Waals surface area contributed by atoms with E-state index in [1.807, 2.05) is 6.92 Å². The van der Waals surface area contributed by atoms with E-state index in [9.17, 15) is 15.0 Å². The predicted octanol–water partition coefficient (Wildman–Crippen LogP) is 3.53. The fourth-order valence-corrected chi connectivity index (χ4v) is 3.63. The van der Waals surface area contributed by atoms with E-state index in [0.29, 0.717) is 5.92 Å². The Bertz CT molecular complexity index is 514. The highest BCUT2D eigenvalue weighted by atomic mass is 16.8. The van der Waals surface area contributed by atoms with Gasteiger partial charge in [-0.3, -0.25) is 0 Å². The summed E-state index contributed by atoms with van der Waals surface area (Å²) in [4.78, 5) is 11.3. The van der Waals surface area contributed by atoms with Crippen LogP contribution in [0.15, 0.2) is 23.8 Å². The molecular weight excluding hydrogens is 336 g/mol. The number of ether oxygens (including phenoxy) is 3. The van der Waals surface area contributed by atoms with Gasteiger partial charge in [0.05, 0.1) is 12.7 Å². The molecular formula is C20H32O6. The number of allylic oxidation sites excluding steroid dienone is 4. The second kappa shape index (κ2) is 10.1. The molecule has 1 fully saturated rings. The van der Waals surface area contributed by atoms with E-state index < -0.39 is 18.7 Å². The maximum Gasteiger partial charge on any atom is 0.510 e. The van der Waals surface area contributed by atoms with Gasteiger partial charge in [-0.1, -0.05) is 37.1 Å². The quantitative estimate of drug-likeness (QED) is 0.504. The normalized spacial score (nSPS) is 29.0. The van der Waals surface area contributed by atoms with E-state index in [0.717, 1.165) is 32.1 Å². The van der Waals surface area contributed by atoms with Gasteiger partial charge in [-0.2, -0.15) is 0 Å². The van der Waals surface area contributed by atoms with Crippen LogP contribution in [0.2, 0.25) is 0 Å². The van der Waals surface area contributed by atoms with Crippen LogP contribution in [0.1, 0.15) is 52.9 Å². The van der Waals surface area contributed by atoms with Crippen LogP contribution in [0.4, 0.5) is 4.79 Å². The molecule has 1 saturated carbocycles. The van der Waals surface area contributed by atoms with Crippen molar-refractivity contribution in [2.45, 2.75) is 71.6 Å². The monoisotopic (exact) mass is 368 g/mol. The molecule has 148 valence electrons. The van der Waals surface area contributed by atoms with Gasteiger partial charge in [-0.15, -0.1) is 0 Å². The molecule has 0 heterocycles. The van der Waals surface area contributed by atoms with Crippen LogP contribution in [0, 0.1) is 17.8 Å². The zero-order chi connectivity index (χ0) is 19.1. The molecule has 6 atom stereocenters. The Morgan fingerprint density at radius 3 is 2.69 bits per heavy atom. The molecule has 2 N–H and O–H groups in total. The summed E-state index contributed by atoms with van der Waals surface area (Å²) in [5, 5.41) is 20.2. The summed E-state index contributed by atoms with van der Waals surface area (Å²) in [7, 11) is 0. The van der Waals surface area contributed by atoms with E-state index in [1.165, 1.54) is 5.57 Å². The Hall–Kier alpha value is -1.37. The third-order valence-electron chi connectivity index (χ3n) is 5.31. The van der Waals surface area contributed by atoms with Crippen LogP contribution in [0.5, 0.6) is 0 Å². The van der Waals surface area contributed by atoms with Crippen molar-refractivity contribution >= 4 is 6.16 Å². The van der Waals surface area contributed by atoms with Gasteiger partial charge in [0.15, 0.2) is 6.29 Å². The van der Waals surface area contributed by atoms with Gasteiger partial charge >= 0.3 is 6.16 Å². The van der Waals surface area contributed by atoms with Crippen LogP contribution in [0.3, 0.4) is 0 Å². The Morgan fingerprint density at radius 2 is 2.12 bits per heavy atom. The van der Waals surface area contributed by atoms with Crippen molar-refractivity contribution in [1.29, 1.82) is 0 Å². The molecule has 0 amide bonds. The van der Waals surface area contributed by atoms with Gasteiger partial charge in [-0.25, -0.2) is 4.79 Å². The average molecular weight is 368 g/mol. The summed E-state index contributed by atoms with van der Waals surface area (Å²) < 4.78 is 15.0. The zero-order valence-corrected chi connectivity index (χ0v) is 16.0. The lowest BCUT2D eigenvalue weighted by atomic mass is 9.84. The molecule has 2 rings (SSSR count). The minimum Gasteiger partial charge on any atom is -0.435 e. The van der Waals surface area contributed by atoms with Crippen LogP contribution in [-0.4, -0.2) is 41.7 Å². The van der Waals surface area contributed by atoms with E-state index in [4.69, 9.17) is 9.47 Å². The summed E-state index contributed by atoms with van der Waals surface area (Å²) in [5.41, 5.74) is 1.26. The number of aliphatic hydroxyl groups is 2. The Labute approximate surface area is 155 Å². The predicted molar refractivity (Wildman–Crippen MR) is 97.1 cm³/mol. The highest BCUT2D eigenvalue weighted by Gasteiger charge is 2.29. The van der Waals surface area contributed by atoms with Gasteiger partial charge in [0.2, 0.25) is 6.29 Å². The zero-order valence-electron chi connectivity index (χ0n) is 16.0. The van der Waals surface area contributed by atoms with Gasteiger partial charge in [-0.05, 0) is 51.4 Å². The molecule has 0 aromatic heterocycles. The largest absolute Gasteiger partial charge is 0.510 e. The fraction of sp³-hybridized carbons (Fsp3) is 0.750. The lowest BCUT2D eigenvalue weighted by molar-refractivity contribution is -0.226. The minimum atomic E-state index is -1.04. The number of rotatable bonds is 8. The second-order valence-corrected chi connectivity index (χ2v) is 7.25. The minimum absolute atomic E-state index is 0.144. The summed E-state index contributed by atoms with van der Waals surface area (Å²) in [6, 6.07) is 0. The molecule has 0 aromatic carbocycles. The van der Waals surface area contributed by atoms with Crippen LogP contribution in [0.25, 0.3) is 0 Å². The van der Waals surface area contributed by atoms with Crippen molar-refractivity contribution in [3.63, 3.8) is 0 Å². The Balaban J connectivity index is 1.76. The standard InChI is InChI=1S/C20H32O6/c1-4-24-20(23)26-14(3)25-19(22)13(2)16-10-8-15(9-11-16)12-17-6-5-7-18(17)21/h8-10,13-14,16-19,21-22H,4-7,11-12H2,1-3H3/t13-,14?,16?,17+,18-,19?/m0/s1. The number of hydrogen-bond donors (Lipinski definition) is 2.